The second-order valence-electron chi connectivity index (χ2n) is 7.95. The van der Waals surface area contributed by atoms with Gasteiger partial charge in [-0.1, -0.05) is 23.2 Å². The van der Waals surface area contributed by atoms with Gasteiger partial charge < -0.3 is 14.4 Å². The Balaban J connectivity index is 1.46. The summed E-state index contributed by atoms with van der Waals surface area (Å²) in [6.07, 6.45) is 6.79. The molecule has 0 unspecified atom stereocenters. The number of aromatic amines is 1. The van der Waals surface area contributed by atoms with Crippen molar-refractivity contribution in [3.63, 3.8) is 0 Å². The Morgan fingerprint density at radius 1 is 1.20 bits per heavy atom. The molecule has 1 fully saturated rings. The van der Waals surface area contributed by atoms with Gasteiger partial charge in [0.25, 0.3) is 0 Å². The number of nitrogens with one attached hydrogen (secondary N) is 1. The molecular formula is C23H20Cl2N8O2. The molecule has 1 saturated heterocycles. The van der Waals surface area contributed by atoms with Crippen molar-refractivity contribution in [3.05, 3.63) is 52.5 Å². The third-order valence-electron chi connectivity index (χ3n) is 5.92. The highest BCUT2D eigenvalue weighted by molar-refractivity contribution is 6.35. The lowest BCUT2D eigenvalue weighted by Gasteiger charge is -2.39. The van der Waals surface area contributed by atoms with E-state index in [0.29, 0.717) is 45.2 Å². The van der Waals surface area contributed by atoms with E-state index in [-0.39, 0.29) is 6.04 Å². The van der Waals surface area contributed by atoms with Crippen molar-refractivity contribution in [1.82, 2.24) is 25.1 Å². The van der Waals surface area contributed by atoms with E-state index in [4.69, 9.17) is 43.7 Å². The standard InChI is InChI=1S/C23H20Cl2N8O2/c1-34-18-7-17-14(6-19(18)35-22(27)20-15(24)10-28-11-16(20)25)21(32-31-17)12-8-29-23(30-9-12)33-5-3-13(33)2-4-26/h6-11,13,22H,2-3,5,27H2,1H3,(H,31,32)/t13-,22+/m1/s1. The molecule has 1 aliphatic heterocycles. The number of ether oxygens (including phenoxy) is 2. The molecule has 10 nitrogen and oxygen atoms in total. The molecule has 0 saturated carbocycles. The van der Waals surface area contributed by atoms with Crippen LogP contribution in [0.25, 0.3) is 22.2 Å². The molecule has 3 aromatic heterocycles. The predicted molar refractivity (Wildman–Crippen MR) is 131 cm³/mol. The number of methoxy groups -OCH3 is 1. The van der Waals surface area contributed by atoms with Gasteiger partial charge in [-0.3, -0.25) is 15.8 Å². The summed E-state index contributed by atoms with van der Waals surface area (Å²) < 4.78 is 11.5. The van der Waals surface area contributed by atoms with Gasteiger partial charge in [-0.2, -0.15) is 10.4 Å². The highest BCUT2D eigenvalue weighted by atomic mass is 35.5. The zero-order chi connectivity index (χ0) is 24.5. The van der Waals surface area contributed by atoms with Gasteiger partial charge >= 0.3 is 0 Å². The van der Waals surface area contributed by atoms with E-state index in [1.807, 2.05) is 4.90 Å². The number of fused-ring (bicyclic) bond motifs is 1. The topological polar surface area (TPSA) is 139 Å². The van der Waals surface area contributed by atoms with Crippen LogP contribution in [-0.4, -0.2) is 44.8 Å². The smallest absolute Gasteiger partial charge is 0.225 e. The summed E-state index contributed by atoms with van der Waals surface area (Å²) in [6.45, 7) is 0.837. The van der Waals surface area contributed by atoms with E-state index in [2.05, 4.69) is 31.2 Å². The fourth-order valence-electron chi connectivity index (χ4n) is 4.00. The summed E-state index contributed by atoms with van der Waals surface area (Å²) in [5.74, 6) is 1.44. The molecule has 1 aliphatic rings. The monoisotopic (exact) mass is 510 g/mol. The molecule has 3 N–H and O–H groups in total. The van der Waals surface area contributed by atoms with E-state index in [9.17, 15) is 0 Å². The van der Waals surface area contributed by atoms with Crippen molar-refractivity contribution < 1.29 is 9.47 Å². The lowest BCUT2D eigenvalue weighted by atomic mass is 10.0. The van der Waals surface area contributed by atoms with Gasteiger partial charge in [-0.05, 0) is 12.5 Å². The van der Waals surface area contributed by atoms with Crippen molar-refractivity contribution in [2.24, 2.45) is 5.73 Å². The molecule has 5 rings (SSSR count). The Kier molecular flexibility index (Phi) is 6.30. The normalized spacial score (nSPS) is 16.0. The van der Waals surface area contributed by atoms with Crippen LogP contribution >= 0.6 is 23.2 Å². The van der Waals surface area contributed by atoms with Crippen LogP contribution in [0.3, 0.4) is 0 Å². The van der Waals surface area contributed by atoms with Gasteiger partial charge in [-0.25, -0.2) is 9.97 Å². The second kappa shape index (κ2) is 9.54. The van der Waals surface area contributed by atoms with Gasteiger partial charge in [0, 0.05) is 60.0 Å². The number of nitrogens with two attached hydrogens (primary N) is 1. The molecule has 0 radical (unpaired) electrons. The van der Waals surface area contributed by atoms with Gasteiger partial charge in [0.15, 0.2) is 17.7 Å². The van der Waals surface area contributed by atoms with Crippen molar-refractivity contribution in [3.8, 4) is 28.8 Å². The van der Waals surface area contributed by atoms with Gasteiger partial charge in [0.1, 0.15) is 5.69 Å². The third kappa shape index (κ3) is 4.30. The Morgan fingerprint density at radius 3 is 2.57 bits per heavy atom. The number of hydrogen-bond donors (Lipinski definition) is 2. The highest BCUT2D eigenvalue weighted by Crippen LogP contribution is 2.39. The van der Waals surface area contributed by atoms with E-state index in [1.165, 1.54) is 19.5 Å². The fourth-order valence-corrected chi connectivity index (χ4v) is 4.58. The first kappa shape index (κ1) is 23.1. The molecule has 2 atom stereocenters. The molecule has 4 heterocycles. The fraction of sp³-hybridized carbons (Fsp3) is 0.261. The first-order valence-electron chi connectivity index (χ1n) is 10.7. The van der Waals surface area contributed by atoms with Gasteiger partial charge in [0.05, 0.1) is 35.2 Å². The molecule has 0 spiro atoms. The molecule has 1 aromatic carbocycles. The molecule has 0 bridgehead atoms. The van der Waals surface area contributed by atoms with Crippen LogP contribution in [0, 0.1) is 11.3 Å². The molecule has 0 aliphatic carbocycles. The SMILES string of the molecule is COc1cc2[nH]nc(-c3cnc(N4CC[C@H]4CC#N)nc3)c2cc1O[C@H](N)c1c(Cl)cncc1Cl. The number of benzene rings is 1. The van der Waals surface area contributed by atoms with Crippen molar-refractivity contribution in [2.75, 3.05) is 18.6 Å². The summed E-state index contributed by atoms with van der Waals surface area (Å²) in [5, 5.41) is 17.8. The first-order valence-corrected chi connectivity index (χ1v) is 11.5. The van der Waals surface area contributed by atoms with Crippen LogP contribution in [0.5, 0.6) is 11.5 Å². The number of nitrogens with zero attached hydrogens (tertiary/aromatic N) is 6. The number of halogens is 2. The predicted octanol–water partition coefficient (Wildman–Crippen LogP) is 4.26. The molecule has 0 amide bonds. The number of aromatic nitrogens is 5. The minimum Gasteiger partial charge on any atom is -0.493 e. The summed E-state index contributed by atoms with van der Waals surface area (Å²) in [6, 6.07) is 5.92. The second-order valence-corrected chi connectivity index (χ2v) is 8.76. The summed E-state index contributed by atoms with van der Waals surface area (Å²) >= 11 is 12.5. The summed E-state index contributed by atoms with van der Waals surface area (Å²) in [5.41, 5.74) is 8.79. The minimum atomic E-state index is -0.958. The Labute approximate surface area is 210 Å². The number of rotatable bonds is 7. The Morgan fingerprint density at radius 2 is 1.94 bits per heavy atom. The number of hydrogen-bond acceptors (Lipinski definition) is 9. The van der Waals surface area contributed by atoms with Crippen molar-refractivity contribution in [1.29, 1.82) is 5.26 Å². The third-order valence-corrected chi connectivity index (χ3v) is 6.52. The van der Waals surface area contributed by atoms with Crippen LogP contribution in [0.1, 0.15) is 24.6 Å². The number of pyridine rings is 1. The lowest BCUT2D eigenvalue weighted by Crippen LogP contribution is -2.48. The Hall–Kier alpha value is -3.65. The average molecular weight is 511 g/mol. The maximum Gasteiger partial charge on any atom is 0.225 e. The average Bonchev–Trinajstić information content (AvgIpc) is 3.24. The molecular weight excluding hydrogens is 491 g/mol. The quantitative estimate of drug-likeness (QED) is 0.349. The zero-order valence-electron chi connectivity index (χ0n) is 18.6. The summed E-state index contributed by atoms with van der Waals surface area (Å²) in [7, 11) is 1.53. The molecule has 35 heavy (non-hydrogen) atoms. The molecule has 178 valence electrons. The van der Waals surface area contributed by atoms with Gasteiger partial charge in [0.2, 0.25) is 5.95 Å². The number of H-pyrrole nitrogens is 1. The van der Waals surface area contributed by atoms with Gasteiger partial charge in [-0.15, -0.1) is 0 Å². The maximum absolute atomic E-state index is 8.97. The van der Waals surface area contributed by atoms with Crippen LogP contribution in [-0.2, 0) is 0 Å². The first-order chi connectivity index (χ1) is 17.0. The molecule has 12 heteroatoms. The number of anilines is 1. The van der Waals surface area contributed by atoms with E-state index in [0.717, 1.165) is 29.4 Å². The van der Waals surface area contributed by atoms with Crippen LogP contribution < -0.4 is 20.1 Å². The van der Waals surface area contributed by atoms with E-state index >= 15 is 0 Å². The van der Waals surface area contributed by atoms with E-state index < -0.39 is 6.23 Å². The minimum absolute atomic E-state index is 0.163. The zero-order valence-corrected chi connectivity index (χ0v) is 20.1. The van der Waals surface area contributed by atoms with Crippen LogP contribution in [0.4, 0.5) is 5.95 Å². The Bertz CT molecular complexity index is 1400. The summed E-state index contributed by atoms with van der Waals surface area (Å²) in [4.78, 5) is 15.0. The van der Waals surface area contributed by atoms with Crippen molar-refractivity contribution in [2.45, 2.75) is 25.1 Å². The highest BCUT2D eigenvalue weighted by Gasteiger charge is 2.29. The van der Waals surface area contributed by atoms with E-state index in [1.54, 1.807) is 24.5 Å². The lowest BCUT2D eigenvalue weighted by molar-refractivity contribution is 0.204. The maximum atomic E-state index is 8.97. The largest absolute Gasteiger partial charge is 0.493 e. The molecule has 4 aromatic rings. The van der Waals surface area contributed by atoms with Crippen molar-refractivity contribution >= 4 is 40.1 Å². The van der Waals surface area contributed by atoms with Crippen LogP contribution in [0.15, 0.2) is 36.9 Å². The van der Waals surface area contributed by atoms with Crippen LogP contribution in [0.2, 0.25) is 10.0 Å². The number of nitriles is 1.